The lowest BCUT2D eigenvalue weighted by Crippen LogP contribution is -2.34. The van der Waals surface area contributed by atoms with Gasteiger partial charge in [0.25, 0.3) is 0 Å². The zero-order valence-corrected chi connectivity index (χ0v) is 15.3. The highest BCUT2D eigenvalue weighted by Gasteiger charge is 2.22. The molecule has 0 aliphatic carbocycles. The number of halogens is 1. The summed E-state index contributed by atoms with van der Waals surface area (Å²) in [6.07, 6.45) is 3.77. The van der Waals surface area contributed by atoms with Crippen molar-refractivity contribution in [2.75, 3.05) is 13.1 Å². The number of nitrogens with zero attached hydrogens (tertiary/aromatic N) is 3. The van der Waals surface area contributed by atoms with Crippen molar-refractivity contribution in [3.8, 4) is 5.88 Å². The van der Waals surface area contributed by atoms with Crippen LogP contribution in [0.3, 0.4) is 0 Å². The van der Waals surface area contributed by atoms with Crippen molar-refractivity contribution in [2.24, 2.45) is 0 Å². The number of hydrogen-bond donors (Lipinski definition) is 0. The second-order valence-electron chi connectivity index (χ2n) is 5.61. The number of thiophene rings is 1. The molecule has 0 unspecified atom stereocenters. The normalized spacial score (nSPS) is 16.5. The average Bonchev–Trinajstić information content (AvgIpc) is 3.06. The predicted octanol–water partition coefficient (Wildman–Crippen LogP) is 4.90. The number of ether oxygens (including phenoxy) is 1. The Hall–Kier alpha value is -1.34. The number of piperidine rings is 1. The van der Waals surface area contributed by atoms with E-state index in [4.69, 9.17) is 16.3 Å². The van der Waals surface area contributed by atoms with Gasteiger partial charge in [0.1, 0.15) is 17.1 Å². The lowest BCUT2D eigenvalue weighted by molar-refractivity contribution is 0.135. The molecule has 24 heavy (non-hydrogen) atoms. The smallest absolute Gasteiger partial charge is 0.235 e. The van der Waals surface area contributed by atoms with Crippen LogP contribution in [0.25, 0.3) is 10.2 Å². The fourth-order valence-electron chi connectivity index (χ4n) is 2.72. The highest BCUT2D eigenvalue weighted by Crippen LogP contribution is 2.31. The van der Waals surface area contributed by atoms with E-state index in [1.807, 2.05) is 29.6 Å². The second kappa shape index (κ2) is 7.27. The maximum atomic E-state index is 6.15. The number of fused-ring (bicyclic) bond motifs is 1. The Morgan fingerprint density at radius 3 is 2.92 bits per heavy atom. The van der Waals surface area contributed by atoms with Crippen LogP contribution in [0.1, 0.15) is 12.8 Å². The Kier molecular flexibility index (Phi) is 4.89. The molecule has 1 saturated heterocycles. The first kappa shape index (κ1) is 16.1. The Morgan fingerprint density at radius 1 is 1.21 bits per heavy atom. The fourth-order valence-corrected chi connectivity index (χ4v) is 4.76. The molecular formula is C17H16ClN3OS2. The zero-order chi connectivity index (χ0) is 16.4. The molecule has 0 amide bonds. The van der Waals surface area contributed by atoms with Crippen LogP contribution in [-0.2, 0) is 0 Å². The largest absolute Gasteiger partial charge is 0.473 e. The topological polar surface area (TPSA) is 38.2 Å². The van der Waals surface area contributed by atoms with Crippen LogP contribution in [0.5, 0.6) is 5.88 Å². The third-order valence-corrected chi connectivity index (χ3v) is 6.14. The Bertz CT molecular complexity index is 833. The molecule has 0 saturated carbocycles. The van der Waals surface area contributed by atoms with Gasteiger partial charge in [-0.25, -0.2) is 14.3 Å². The van der Waals surface area contributed by atoms with Crippen molar-refractivity contribution in [3.63, 3.8) is 0 Å². The van der Waals surface area contributed by atoms with Crippen LogP contribution in [-0.4, -0.2) is 33.5 Å². The Labute approximate surface area is 154 Å². The van der Waals surface area contributed by atoms with Crippen molar-refractivity contribution < 1.29 is 4.74 Å². The van der Waals surface area contributed by atoms with E-state index in [0.717, 1.165) is 47.1 Å². The van der Waals surface area contributed by atoms with Gasteiger partial charge in [0, 0.05) is 23.0 Å². The highest BCUT2D eigenvalue weighted by molar-refractivity contribution is 7.97. The van der Waals surface area contributed by atoms with Crippen molar-refractivity contribution in [1.82, 2.24) is 14.3 Å². The van der Waals surface area contributed by atoms with Gasteiger partial charge in [-0.15, -0.1) is 11.3 Å². The van der Waals surface area contributed by atoms with Gasteiger partial charge in [-0.3, -0.25) is 0 Å². The van der Waals surface area contributed by atoms with Crippen molar-refractivity contribution in [1.29, 1.82) is 0 Å². The first-order chi connectivity index (χ1) is 11.8. The molecule has 0 atom stereocenters. The first-order valence-electron chi connectivity index (χ1n) is 7.81. The van der Waals surface area contributed by atoms with Gasteiger partial charge < -0.3 is 4.74 Å². The minimum atomic E-state index is 0.210. The van der Waals surface area contributed by atoms with Crippen molar-refractivity contribution in [3.05, 3.63) is 47.1 Å². The zero-order valence-electron chi connectivity index (χ0n) is 12.9. The van der Waals surface area contributed by atoms with E-state index >= 15 is 0 Å². The van der Waals surface area contributed by atoms with E-state index in [9.17, 15) is 0 Å². The predicted molar refractivity (Wildman–Crippen MR) is 99.9 cm³/mol. The lowest BCUT2D eigenvalue weighted by Gasteiger charge is -2.30. The van der Waals surface area contributed by atoms with E-state index < -0.39 is 0 Å². The molecule has 1 aromatic carbocycles. The van der Waals surface area contributed by atoms with Crippen LogP contribution in [0.15, 0.2) is 46.9 Å². The molecule has 124 valence electrons. The summed E-state index contributed by atoms with van der Waals surface area (Å²) in [6, 6.07) is 9.98. The van der Waals surface area contributed by atoms with Gasteiger partial charge in [-0.1, -0.05) is 17.7 Å². The molecule has 4 nitrogen and oxygen atoms in total. The standard InChI is InChI=1S/C17H16ClN3OS2/c18-12-2-1-3-14(10-12)24-21-7-4-13(5-8-21)22-17-16-15(6-9-23-16)19-11-20-17/h1-3,6,9-11,13H,4-5,7-8H2. The van der Waals surface area contributed by atoms with E-state index in [-0.39, 0.29) is 6.10 Å². The molecule has 1 aliphatic rings. The molecule has 3 aromatic rings. The molecule has 4 rings (SSSR count). The van der Waals surface area contributed by atoms with Crippen LogP contribution < -0.4 is 4.74 Å². The lowest BCUT2D eigenvalue weighted by atomic mass is 10.1. The third-order valence-electron chi connectivity index (χ3n) is 3.92. The first-order valence-corrected chi connectivity index (χ1v) is 9.84. The Morgan fingerprint density at radius 2 is 2.08 bits per heavy atom. The van der Waals surface area contributed by atoms with Crippen LogP contribution >= 0.6 is 34.9 Å². The summed E-state index contributed by atoms with van der Waals surface area (Å²) in [4.78, 5) is 9.75. The summed E-state index contributed by atoms with van der Waals surface area (Å²) in [6.45, 7) is 1.97. The van der Waals surface area contributed by atoms with Gasteiger partial charge in [-0.2, -0.15) is 0 Å². The molecule has 1 aliphatic heterocycles. The SMILES string of the molecule is Clc1cccc(SN2CCC(Oc3ncnc4ccsc34)CC2)c1. The molecule has 0 N–H and O–H groups in total. The Balaban J connectivity index is 1.35. The third kappa shape index (κ3) is 3.67. The van der Waals surface area contributed by atoms with Gasteiger partial charge >= 0.3 is 0 Å². The monoisotopic (exact) mass is 377 g/mol. The average molecular weight is 378 g/mol. The van der Waals surface area contributed by atoms with E-state index in [1.165, 1.54) is 4.90 Å². The minimum Gasteiger partial charge on any atom is -0.473 e. The molecule has 0 bridgehead atoms. The molecule has 0 radical (unpaired) electrons. The molecule has 3 heterocycles. The maximum Gasteiger partial charge on any atom is 0.235 e. The summed E-state index contributed by atoms with van der Waals surface area (Å²) in [5.41, 5.74) is 0.957. The number of aromatic nitrogens is 2. The van der Waals surface area contributed by atoms with Crippen molar-refractivity contribution in [2.45, 2.75) is 23.8 Å². The minimum absolute atomic E-state index is 0.210. The second-order valence-corrected chi connectivity index (χ2v) is 8.13. The van der Waals surface area contributed by atoms with Gasteiger partial charge in [0.05, 0.1) is 5.52 Å². The summed E-state index contributed by atoms with van der Waals surface area (Å²) in [5.74, 6) is 0.718. The van der Waals surface area contributed by atoms with Gasteiger partial charge in [0.2, 0.25) is 5.88 Å². The molecule has 0 spiro atoms. The van der Waals surface area contributed by atoms with Crippen LogP contribution in [0, 0.1) is 0 Å². The molecule has 7 heteroatoms. The highest BCUT2D eigenvalue weighted by atomic mass is 35.5. The quantitative estimate of drug-likeness (QED) is 0.605. The summed E-state index contributed by atoms with van der Waals surface area (Å²) >= 11 is 9.44. The van der Waals surface area contributed by atoms with E-state index in [1.54, 1.807) is 29.6 Å². The van der Waals surface area contributed by atoms with Gasteiger partial charge in [0.15, 0.2) is 0 Å². The summed E-state index contributed by atoms with van der Waals surface area (Å²) < 4.78 is 9.55. The van der Waals surface area contributed by atoms with Crippen LogP contribution in [0.4, 0.5) is 0 Å². The molecule has 2 aromatic heterocycles. The fraction of sp³-hybridized carbons (Fsp3) is 0.294. The number of benzene rings is 1. The maximum absolute atomic E-state index is 6.15. The molecule has 1 fully saturated rings. The summed E-state index contributed by atoms with van der Waals surface area (Å²) in [7, 11) is 0. The number of rotatable bonds is 4. The molecular weight excluding hydrogens is 362 g/mol. The number of hydrogen-bond acceptors (Lipinski definition) is 6. The van der Waals surface area contributed by atoms with E-state index in [2.05, 4.69) is 20.3 Å². The van der Waals surface area contributed by atoms with E-state index in [0.29, 0.717) is 0 Å². The van der Waals surface area contributed by atoms with Crippen LogP contribution in [0.2, 0.25) is 5.02 Å². The van der Waals surface area contributed by atoms with Crippen molar-refractivity contribution >= 4 is 45.1 Å². The van der Waals surface area contributed by atoms with Gasteiger partial charge in [-0.05, 0) is 54.4 Å². The summed E-state index contributed by atoms with van der Waals surface area (Å²) in [5, 5.41) is 2.80.